The summed E-state index contributed by atoms with van der Waals surface area (Å²) >= 11 is 0. The molecular formula is C71H138O17P2. The molecule has 0 heterocycles. The minimum Gasteiger partial charge on any atom is -0.462 e. The second-order valence-corrected chi connectivity index (χ2v) is 29.0. The summed E-state index contributed by atoms with van der Waals surface area (Å²) in [6.45, 7) is 7.21. The van der Waals surface area contributed by atoms with E-state index in [4.69, 9.17) is 37.0 Å². The maximum atomic E-state index is 13.0. The third-order valence-corrected chi connectivity index (χ3v) is 18.4. The molecule has 534 valence electrons. The lowest BCUT2D eigenvalue weighted by Crippen LogP contribution is -2.30. The van der Waals surface area contributed by atoms with Crippen LogP contribution in [0.5, 0.6) is 0 Å². The maximum absolute atomic E-state index is 13.0. The molecule has 0 aromatic rings. The Bertz CT molecular complexity index is 1740. The Kier molecular flexibility index (Phi) is 63.0. The predicted molar refractivity (Wildman–Crippen MR) is 363 cm³/mol. The van der Waals surface area contributed by atoms with Crippen molar-refractivity contribution in [1.82, 2.24) is 0 Å². The Labute approximate surface area is 549 Å². The first kappa shape index (κ1) is 88.1. The smallest absolute Gasteiger partial charge is 0.462 e. The summed E-state index contributed by atoms with van der Waals surface area (Å²) in [5.74, 6) is -1.35. The highest BCUT2D eigenvalue weighted by Crippen LogP contribution is 2.45. The third-order valence-electron chi connectivity index (χ3n) is 16.5. The highest BCUT2D eigenvalue weighted by molar-refractivity contribution is 7.47. The normalized spacial score (nSPS) is 14.1. The molecule has 0 saturated carbocycles. The fraction of sp³-hybridized carbons (Fsp3) is 0.944. The van der Waals surface area contributed by atoms with E-state index in [1.54, 1.807) is 0 Å². The van der Waals surface area contributed by atoms with Gasteiger partial charge in [0.25, 0.3) is 0 Å². The van der Waals surface area contributed by atoms with Gasteiger partial charge in [-0.25, -0.2) is 9.13 Å². The highest BCUT2D eigenvalue weighted by Gasteiger charge is 2.30. The number of ether oxygens (including phenoxy) is 4. The largest absolute Gasteiger partial charge is 0.472 e. The number of esters is 4. The Morgan fingerprint density at radius 3 is 0.756 bits per heavy atom. The fourth-order valence-electron chi connectivity index (χ4n) is 10.8. The zero-order chi connectivity index (χ0) is 66.3. The van der Waals surface area contributed by atoms with Crippen molar-refractivity contribution < 1.29 is 80.2 Å². The van der Waals surface area contributed by atoms with Gasteiger partial charge in [0.05, 0.1) is 26.4 Å². The lowest BCUT2D eigenvalue weighted by Gasteiger charge is -2.21. The number of hydrogen-bond acceptors (Lipinski definition) is 15. The highest BCUT2D eigenvalue weighted by atomic mass is 31.2. The van der Waals surface area contributed by atoms with Gasteiger partial charge in [-0.1, -0.05) is 317 Å². The molecule has 0 amide bonds. The minimum atomic E-state index is -4.95. The van der Waals surface area contributed by atoms with Crippen LogP contribution in [0.2, 0.25) is 0 Å². The molecule has 0 aliphatic carbocycles. The zero-order valence-corrected chi connectivity index (χ0v) is 60.1. The fourth-order valence-corrected chi connectivity index (χ4v) is 12.4. The van der Waals surface area contributed by atoms with E-state index in [0.717, 1.165) is 109 Å². The summed E-state index contributed by atoms with van der Waals surface area (Å²) in [4.78, 5) is 72.4. The summed E-state index contributed by atoms with van der Waals surface area (Å²) < 4.78 is 68.2. The average molecular weight is 1330 g/mol. The lowest BCUT2D eigenvalue weighted by molar-refractivity contribution is -0.161. The molecule has 0 aliphatic heterocycles. The molecule has 2 unspecified atom stereocenters. The van der Waals surface area contributed by atoms with Gasteiger partial charge >= 0.3 is 39.5 Å². The second-order valence-electron chi connectivity index (χ2n) is 26.1. The van der Waals surface area contributed by atoms with E-state index >= 15 is 0 Å². The number of carbonyl (C=O) groups excluding carboxylic acids is 4. The maximum Gasteiger partial charge on any atom is 0.472 e. The van der Waals surface area contributed by atoms with Crippen molar-refractivity contribution >= 4 is 39.5 Å². The van der Waals surface area contributed by atoms with E-state index in [1.165, 1.54) is 180 Å². The van der Waals surface area contributed by atoms with Gasteiger partial charge in [-0.2, -0.15) is 0 Å². The number of phosphoric ester groups is 2. The zero-order valence-electron chi connectivity index (χ0n) is 58.3. The molecule has 90 heavy (non-hydrogen) atoms. The number of rotatable bonds is 71. The molecule has 0 spiro atoms. The number of carbonyl (C=O) groups is 4. The minimum absolute atomic E-state index is 0.106. The summed E-state index contributed by atoms with van der Waals surface area (Å²) in [5, 5.41) is 10.6. The van der Waals surface area contributed by atoms with E-state index < -0.39 is 97.5 Å². The molecule has 0 radical (unpaired) electrons. The van der Waals surface area contributed by atoms with Crippen molar-refractivity contribution in [3.05, 3.63) is 0 Å². The van der Waals surface area contributed by atoms with Crippen molar-refractivity contribution in [2.75, 3.05) is 39.6 Å². The van der Waals surface area contributed by atoms with Crippen molar-refractivity contribution in [1.29, 1.82) is 0 Å². The van der Waals surface area contributed by atoms with Gasteiger partial charge in [0, 0.05) is 25.7 Å². The first-order valence-corrected chi connectivity index (χ1v) is 40.1. The third kappa shape index (κ3) is 64.8. The van der Waals surface area contributed by atoms with Crippen molar-refractivity contribution in [3.8, 4) is 0 Å². The van der Waals surface area contributed by atoms with Crippen LogP contribution in [-0.2, 0) is 65.4 Å². The van der Waals surface area contributed by atoms with Gasteiger partial charge in [0.2, 0.25) is 0 Å². The number of unbranched alkanes of at least 4 members (excludes halogenated alkanes) is 43. The molecule has 0 aromatic carbocycles. The van der Waals surface area contributed by atoms with Crippen LogP contribution in [0.4, 0.5) is 0 Å². The van der Waals surface area contributed by atoms with Crippen LogP contribution in [0, 0.1) is 5.92 Å². The number of phosphoric acid groups is 2. The van der Waals surface area contributed by atoms with Gasteiger partial charge in [0.1, 0.15) is 19.3 Å². The first-order valence-electron chi connectivity index (χ1n) is 37.1. The molecule has 19 heteroatoms. The molecule has 0 bridgehead atoms. The van der Waals surface area contributed by atoms with Crippen molar-refractivity contribution in [3.63, 3.8) is 0 Å². The standard InChI is InChI=1S/C71H138O17P2/c1-6-9-12-15-18-20-21-22-23-24-25-26-27-28-33-37-42-47-52-57-71(76)88-67(61-82-69(74)55-50-45-40-36-32-30-29-31-35-39-43-48-53-64(4)5)63-86-90(79,80)84-59-65(72)58-83-89(77,78)85-62-66(60-81-68(73)54-49-44-38-17-14-11-8-3)87-70(75)56-51-46-41-34-19-16-13-10-7-2/h64-67,72H,6-63H2,1-5H3,(H,77,78)(H,79,80)/t65-,66+,67+/m0/s1. The lowest BCUT2D eigenvalue weighted by atomic mass is 10.0. The van der Waals surface area contributed by atoms with Crippen LogP contribution in [0.3, 0.4) is 0 Å². The summed E-state index contributed by atoms with van der Waals surface area (Å²) in [5.41, 5.74) is 0. The van der Waals surface area contributed by atoms with Crippen molar-refractivity contribution in [2.45, 2.75) is 387 Å². The van der Waals surface area contributed by atoms with Gasteiger partial charge < -0.3 is 33.8 Å². The Morgan fingerprint density at radius 2 is 0.511 bits per heavy atom. The van der Waals surface area contributed by atoms with E-state index in [0.29, 0.717) is 25.7 Å². The van der Waals surface area contributed by atoms with Crippen LogP contribution in [0.15, 0.2) is 0 Å². The van der Waals surface area contributed by atoms with Crippen LogP contribution in [0.25, 0.3) is 0 Å². The second kappa shape index (κ2) is 64.4. The number of aliphatic hydroxyl groups excluding tert-OH is 1. The Hall–Kier alpha value is -1.94. The Morgan fingerprint density at radius 1 is 0.300 bits per heavy atom. The summed E-state index contributed by atoms with van der Waals surface area (Å²) in [6.07, 6.45) is 51.6. The van der Waals surface area contributed by atoms with Crippen LogP contribution >= 0.6 is 15.6 Å². The van der Waals surface area contributed by atoms with Gasteiger partial charge in [0.15, 0.2) is 12.2 Å². The molecule has 3 N–H and O–H groups in total. The van der Waals surface area contributed by atoms with E-state index in [1.807, 2.05) is 0 Å². The predicted octanol–water partition coefficient (Wildman–Crippen LogP) is 20.5. The van der Waals surface area contributed by atoms with E-state index in [-0.39, 0.29) is 25.7 Å². The van der Waals surface area contributed by atoms with Crippen molar-refractivity contribution in [2.24, 2.45) is 5.92 Å². The molecule has 0 fully saturated rings. The molecule has 0 rings (SSSR count). The van der Waals surface area contributed by atoms with Gasteiger partial charge in [-0.15, -0.1) is 0 Å². The molecule has 5 atom stereocenters. The van der Waals surface area contributed by atoms with Crippen LogP contribution < -0.4 is 0 Å². The summed E-state index contributed by atoms with van der Waals surface area (Å²) in [7, 11) is -9.89. The molecular weight excluding hydrogens is 1190 g/mol. The average Bonchev–Trinajstić information content (AvgIpc) is 3.03. The SMILES string of the molecule is CCCCCCCCCCCCCCCCCCCCCC(=O)O[C@H](COC(=O)CCCCCCCCCCCCCCC(C)C)COP(=O)(O)OC[C@@H](O)COP(=O)(O)OC[C@@H](COC(=O)CCCCCCCCC)OC(=O)CCCCCCCCCCC. The Balaban J connectivity index is 5.16. The molecule has 17 nitrogen and oxygen atoms in total. The summed E-state index contributed by atoms with van der Waals surface area (Å²) in [6, 6.07) is 0. The quantitative estimate of drug-likeness (QED) is 0.0222. The van der Waals surface area contributed by atoms with Crippen LogP contribution in [-0.4, -0.2) is 96.7 Å². The number of hydrogen-bond donors (Lipinski definition) is 3. The van der Waals surface area contributed by atoms with Crippen LogP contribution in [0.1, 0.15) is 369 Å². The molecule has 0 aromatic heterocycles. The van der Waals surface area contributed by atoms with Gasteiger partial charge in [-0.3, -0.25) is 37.3 Å². The number of aliphatic hydroxyl groups is 1. The monoisotopic (exact) mass is 1320 g/mol. The molecule has 0 aliphatic rings. The first-order chi connectivity index (χ1) is 43.5. The molecule has 0 saturated heterocycles. The topological polar surface area (TPSA) is 237 Å². The van der Waals surface area contributed by atoms with E-state index in [2.05, 4.69) is 34.6 Å². The van der Waals surface area contributed by atoms with E-state index in [9.17, 15) is 43.2 Å². The van der Waals surface area contributed by atoms with Gasteiger partial charge in [-0.05, 0) is 31.6 Å².